The molecule has 5 heteroatoms. The molecule has 1 aliphatic rings. The minimum atomic E-state index is 0.0639. The number of nitrogens with two attached hydrogens (primary N) is 1. The summed E-state index contributed by atoms with van der Waals surface area (Å²) in [6.45, 7) is 5.12. The van der Waals surface area contributed by atoms with Crippen LogP contribution in [0, 0.1) is 5.92 Å². The van der Waals surface area contributed by atoms with Crippen LogP contribution >= 0.6 is 15.9 Å². The molecule has 1 amide bonds. The van der Waals surface area contributed by atoms with Gasteiger partial charge in [0.05, 0.1) is 6.10 Å². The maximum absolute atomic E-state index is 12.8. The number of nitrogens with zero attached hydrogens (tertiary/aromatic N) is 1. The Morgan fingerprint density at radius 1 is 1.42 bits per heavy atom. The van der Waals surface area contributed by atoms with Crippen molar-refractivity contribution in [3.05, 3.63) is 34.3 Å². The van der Waals surface area contributed by atoms with E-state index in [0.29, 0.717) is 6.54 Å². The van der Waals surface area contributed by atoms with Crippen molar-refractivity contribution >= 4 is 21.8 Å². The Kier molecular flexibility index (Phi) is 8.22. The number of benzene rings is 1. The summed E-state index contributed by atoms with van der Waals surface area (Å²) in [5.41, 5.74) is 6.70. The van der Waals surface area contributed by atoms with E-state index in [0.717, 1.165) is 56.3 Å². The second kappa shape index (κ2) is 10.2. The second-order valence-electron chi connectivity index (χ2n) is 6.48. The first-order valence-corrected chi connectivity index (χ1v) is 9.78. The van der Waals surface area contributed by atoms with E-state index in [1.165, 1.54) is 5.56 Å². The normalized spacial score (nSPS) is 17.0. The van der Waals surface area contributed by atoms with Crippen LogP contribution in [0.25, 0.3) is 0 Å². The van der Waals surface area contributed by atoms with Gasteiger partial charge in [-0.15, -0.1) is 0 Å². The fourth-order valence-electron chi connectivity index (χ4n) is 3.19. The molecule has 134 valence electrons. The van der Waals surface area contributed by atoms with Crippen LogP contribution in [0.4, 0.5) is 0 Å². The van der Waals surface area contributed by atoms with Crippen molar-refractivity contribution < 1.29 is 9.53 Å². The number of halogens is 1. The van der Waals surface area contributed by atoms with Gasteiger partial charge in [0.2, 0.25) is 5.91 Å². The summed E-state index contributed by atoms with van der Waals surface area (Å²) in [5, 5.41) is 0. The monoisotopic (exact) mass is 396 g/mol. The highest BCUT2D eigenvalue weighted by atomic mass is 79.9. The first-order valence-electron chi connectivity index (χ1n) is 8.99. The molecular formula is C19H29BrN2O2. The van der Waals surface area contributed by atoms with Gasteiger partial charge in [-0.2, -0.15) is 0 Å². The second-order valence-corrected chi connectivity index (χ2v) is 7.39. The van der Waals surface area contributed by atoms with Crippen molar-refractivity contribution in [2.45, 2.75) is 45.1 Å². The average Bonchev–Trinajstić information content (AvgIpc) is 2.60. The highest BCUT2D eigenvalue weighted by Gasteiger charge is 2.27. The molecule has 0 aliphatic carbocycles. The van der Waals surface area contributed by atoms with Gasteiger partial charge in [-0.05, 0) is 56.3 Å². The Hall–Kier alpha value is -0.910. The van der Waals surface area contributed by atoms with Gasteiger partial charge in [0.25, 0.3) is 0 Å². The summed E-state index contributed by atoms with van der Waals surface area (Å²) in [7, 11) is 0. The molecule has 1 atom stereocenters. The highest BCUT2D eigenvalue weighted by molar-refractivity contribution is 9.10. The predicted molar refractivity (Wildman–Crippen MR) is 101 cm³/mol. The van der Waals surface area contributed by atoms with E-state index in [-0.39, 0.29) is 17.9 Å². The standard InChI is InChI=1S/C19H29BrN2O2/c1-2-16(13-15-5-3-6-17(20)14-15)19(23)22-10-7-18(8-11-22)24-12-4-9-21/h3,5-6,14,16,18H,2,4,7-13,21H2,1H3. The van der Waals surface area contributed by atoms with Gasteiger partial charge in [-0.3, -0.25) is 4.79 Å². The van der Waals surface area contributed by atoms with Crippen LogP contribution in [0.2, 0.25) is 0 Å². The van der Waals surface area contributed by atoms with Gasteiger partial charge < -0.3 is 15.4 Å². The first kappa shape index (κ1) is 19.4. The molecule has 1 heterocycles. The SMILES string of the molecule is CCC(Cc1cccc(Br)c1)C(=O)N1CCC(OCCCN)CC1. The van der Waals surface area contributed by atoms with Crippen LogP contribution in [0.1, 0.15) is 38.2 Å². The fourth-order valence-corrected chi connectivity index (χ4v) is 3.64. The molecule has 1 saturated heterocycles. The molecule has 1 aliphatic heterocycles. The topological polar surface area (TPSA) is 55.6 Å². The average molecular weight is 397 g/mol. The quantitative estimate of drug-likeness (QED) is 0.685. The van der Waals surface area contributed by atoms with Gasteiger partial charge in [-0.1, -0.05) is 35.0 Å². The number of amides is 1. The highest BCUT2D eigenvalue weighted by Crippen LogP contribution is 2.21. The van der Waals surface area contributed by atoms with E-state index in [9.17, 15) is 4.79 Å². The molecule has 1 unspecified atom stereocenters. The van der Waals surface area contributed by atoms with Gasteiger partial charge in [-0.25, -0.2) is 0 Å². The summed E-state index contributed by atoms with van der Waals surface area (Å²) in [4.78, 5) is 14.9. The molecule has 0 bridgehead atoms. The number of rotatable bonds is 8. The molecule has 1 aromatic rings. The number of piperidine rings is 1. The molecule has 24 heavy (non-hydrogen) atoms. The number of hydrogen-bond donors (Lipinski definition) is 1. The largest absolute Gasteiger partial charge is 0.378 e. The molecule has 1 fully saturated rings. The van der Waals surface area contributed by atoms with Gasteiger partial charge in [0, 0.05) is 30.1 Å². The summed E-state index contributed by atoms with van der Waals surface area (Å²) in [6.07, 6.45) is 4.74. The molecule has 2 N–H and O–H groups in total. The zero-order chi connectivity index (χ0) is 17.4. The minimum Gasteiger partial charge on any atom is -0.378 e. The summed E-state index contributed by atoms with van der Waals surface area (Å²) >= 11 is 3.50. The summed E-state index contributed by atoms with van der Waals surface area (Å²) < 4.78 is 6.89. The lowest BCUT2D eigenvalue weighted by Gasteiger charge is -2.34. The van der Waals surface area contributed by atoms with Crippen LogP contribution in [-0.4, -0.2) is 43.2 Å². The van der Waals surface area contributed by atoms with Gasteiger partial charge >= 0.3 is 0 Å². The molecule has 2 rings (SSSR count). The molecule has 1 aromatic carbocycles. The predicted octanol–water partition coefficient (Wildman–Crippen LogP) is 3.37. The third kappa shape index (κ3) is 5.87. The zero-order valence-electron chi connectivity index (χ0n) is 14.5. The van der Waals surface area contributed by atoms with Gasteiger partial charge in [0.15, 0.2) is 0 Å². The minimum absolute atomic E-state index is 0.0639. The first-order chi connectivity index (χ1) is 11.6. The maximum atomic E-state index is 12.8. The van der Waals surface area contributed by atoms with Crippen LogP contribution in [-0.2, 0) is 16.0 Å². The molecular weight excluding hydrogens is 368 g/mol. The third-order valence-electron chi connectivity index (χ3n) is 4.67. The van der Waals surface area contributed by atoms with Crippen molar-refractivity contribution in [2.24, 2.45) is 11.7 Å². The van der Waals surface area contributed by atoms with Crippen LogP contribution in [0.5, 0.6) is 0 Å². The Morgan fingerprint density at radius 3 is 2.79 bits per heavy atom. The number of ether oxygens (including phenoxy) is 1. The maximum Gasteiger partial charge on any atom is 0.226 e. The smallest absolute Gasteiger partial charge is 0.226 e. The molecule has 0 aromatic heterocycles. The van der Waals surface area contributed by atoms with E-state index >= 15 is 0 Å². The van der Waals surface area contributed by atoms with E-state index in [4.69, 9.17) is 10.5 Å². The summed E-state index contributed by atoms with van der Waals surface area (Å²) in [5.74, 6) is 0.354. The van der Waals surface area contributed by atoms with E-state index in [1.807, 2.05) is 17.0 Å². The van der Waals surface area contributed by atoms with Crippen molar-refractivity contribution in [1.29, 1.82) is 0 Å². The molecule has 4 nitrogen and oxygen atoms in total. The van der Waals surface area contributed by atoms with Crippen LogP contribution in [0.15, 0.2) is 28.7 Å². The van der Waals surface area contributed by atoms with Gasteiger partial charge in [0.1, 0.15) is 0 Å². The molecule has 0 radical (unpaired) electrons. The molecule has 0 saturated carbocycles. The lowest BCUT2D eigenvalue weighted by Crippen LogP contribution is -2.44. The van der Waals surface area contributed by atoms with Crippen molar-refractivity contribution in [3.8, 4) is 0 Å². The van der Waals surface area contributed by atoms with E-state index in [2.05, 4.69) is 35.0 Å². The van der Waals surface area contributed by atoms with Crippen LogP contribution in [0.3, 0.4) is 0 Å². The van der Waals surface area contributed by atoms with Crippen molar-refractivity contribution in [2.75, 3.05) is 26.2 Å². The zero-order valence-corrected chi connectivity index (χ0v) is 16.1. The Labute approximate surface area is 153 Å². The lowest BCUT2D eigenvalue weighted by molar-refractivity contribution is -0.138. The lowest BCUT2D eigenvalue weighted by atomic mass is 9.94. The van der Waals surface area contributed by atoms with Crippen molar-refractivity contribution in [1.82, 2.24) is 4.90 Å². The Balaban J connectivity index is 1.83. The third-order valence-corrected chi connectivity index (χ3v) is 5.16. The summed E-state index contributed by atoms with van der Waals surface area (Å²) in [6, 6.07) is 8.24. The Morgan fingerprint density at radius 2 is 2.17 bits per heavy atom. The molecule has 0 spiro atoms. The number of carbonyl (C=O) groups excluding carboxylic acids is 1. The van der Waals surface area contributed by atoms with E-state index < -0.39 is 0 Å². The number of carbonyl (C=O) groups is 1. The van der Waals surface area contributed by atoms with Crippen molar-refractivity contribution in [3.63, 3.8) is 0 Å². The number of likely N-dealkylation sites (tertiary alicyclic amines) is 1. The van der Waals surface area contributed by atoms with Crippen LogP contribution < -0.4 is 5.73 Å². The van der Waals surface area contributed by atoms with E-state index in [1.54, 1.807) is 0 Å². The fraction of sp³-hybridized carbons (Fsp3) is 0.632. The number of hydrogen-bond acceptors (Lipinski definition) is 3. The Bertz CT molecular complexity index is 516.